The molecule has 9 heteroatoms. The molecule has 1 fully saturated rings. The summed E-state index contributed by atoms with van der Waals surface area (Å²) in [6, 6.07) is 13.9. The predicted molar refractivity (Wildman–Crippen MR) is 119 cm³/mol. The van der Waals surface area contributed by atoms with Gasteiger partial charge in [0.25, 0.3) is 5.91 Å². The lowest BCUT2D eigenvalue weighted by Crippen LogP contribution is -2.40. The second-order valence-electron chi connectivity index (χ2n) is 7.62. The summed E-state index contributed by atoms with van der Waals surface area (Å²) < 4.78 is 30.3. The van der Waals surface area contributed by atoms with E-state index in [-0.39, 0.29) is 13.1 Å². The minimum absolute atomic E-state index is 0.253. The Kier molecular flexibility index (Phi) is 7.35. The first-order valence-electron chi connectivity index (χ1n) is 9.92. The lowest BCUT2D eigenvalue weighted by molar-refractivity contribution is -0.160. The van der Waals surface area contributed by atoms with Gasteiger partial charge in [0.1, 0.15) is 0 Å². The van der Waals surface area contributed by atoms with E-state index in [1.807, 2.05) is 6.92 Å². The molecule has 0 bridgehead atoms. The molecule has 7 nitrogen and oxygen atoms in total. The number of anilines is 1. The van der Waals surface area contributed by atoms with Crippen LogP contribution in [-0.2, 0) is 24.3 Å². The number of nitrogens with zero attached hydrogens (tertiary/aromatic N) is 1. The summed E-state index contributed by atoms with van der Waals surface area (Å²) in [5.74, 6) is -1.47. The second kappa shape index (κ2) is 9.80. The molecule has 0 spiro atoms. The Morgan fingerprint density at radius 1 is 1.13 bits per heavy atom. The third-order valence-corrected chi connectivity index (χ3v) is 6.98. The fourth-order valence-electron chi connectivity index (χ4n) is 3.41. The van der Waals surface area contributed by atoms with Crippen LogP contribution < -0.4 is 5.32 Å². The second-order valence-corrected chi connectivity index (χ2v) is 10.0. The topological polar surface area (TPSA) is 92.8 Å². The Balaban J connectivity index is 1.73. The monoisotopic (exact) mass is 464 g/mol. The highest BCUT2D eigenvalue weighted by molar-refractivity contribution is 7.88. The van der Waals surface area contributed by atoms with Crippen LogP contribution in [0, 0.1) is 12.8 Å². The zero-order chi connectivity index (χ0) is 22.6. The van der Waals surface area contributed by atoms with Crippen LogP contribution in [0.5, 0.6) is 0 Å². The van der Waals surface area contributed by atoms with E-state index in [0.717, 1.165) is 11.8 Å². The number of amides is 1. The summed E-state index contributed by atoms with van der Waals surface area (Å²) >= 11 is 6.14. The largest absolute Gasteiger partial charge is 0.447 e. The number of esters is 1. The molecule has 1 saturated heterocycles. The van der Waals surface area contributed by atoms with E-state index in [1.165, 1.54) is 4.31 Å². The van der Waals surface area contributed by atoms with Gasteiger partial charge < -0.3 is 10.1 Å². The smallest absolute Gasteiger partial charge is 0.310 e. The van der Waals surface area contributed by atoms with Gasteiger partial charge in [-0.3, -0.25) is 9.59 Å². The number of hydrogen-bond acceptors (Lipinski definition) is 5. The SMILES string of the molecule is Cc1ccc(NC(=O)C(OC(=O)C2CCN(S(C)(=O)=O)CC2)c2ccccc2)cc1Cl. The normalized spacial score (nSPS) is 16.5. The van der Waals surface area contributed by atoms with E-state index in [2.05, 4.69) is 5.32 Å². The van der Waals surface area contributed by atoms with Crippen molar-refractivity contribution in [2.45, 2.75) is 25.9 Å². The Bertz CT molecular complexity index is 1050. The van der Waals surface area contributed by atoms with Crippen LogP contribution in [0.25, 0.3) is 0 Å². The van der Waals surface area contributed by atoms with Gasteiger partial charge in [0.15, 0.2) is 0 Å². The van der Waals surface area contributed by atoms with Crippen molar-refractivity contribution in [3.05, 3.63) is 64.7 Å². The highest BCUT2D eigenvalue weighted by atomic mass is 35.5. The average molecular weight is 465 g/mol. The zero-order valence-corrected chi connectivity index (χ0v) is 18.9. The molecule has 1 aliphatic rings. The quantitative estimate of drug-likeness (QED) is 0.660. The van der Waals surface area contributed by atoms with E-state index in [1.54, 1.807) is 48.5 Å². The van der Waals surface area contributed by atoms with Crippen LogP contribution in [0.2, 0.25) is 5.02 Å². The van der Waals surface area contributed by atoms with E-state index in [9.17, 15) is 18.0 Å². The predicted octanol–water partition coefficient (Wildman–Crippen LogP) is 3.54. The maximum Gasteiger partial charge on any atom is 0.310 e. The van der Waals surface area contributed by atoms with Crippen LogP contribution >= 0.6 is 11.6 Å². The number of piperidine rings is 1. The number of ether oxygens (including phenoxy) is 1. The number of rotatable bonds is 6. The van der Waals surface area contributed by atoms with Gasteiger partial charge in [-0.15, -0.1) is 0 Å². The molecule has 2 aromatic carbocycles. The number of hydrogen-bond donors (Lipinski definition) is 1. The van der Waals surface area contributed by atoms with Gasteiger partial charge in [-0.2, -0.15) is 0 Å². The van der Waals surface area contributed by atoms with Crippen molar-refractivity contribution in [3.63, 3.8) is 0 Å². The van der Waals surface area contributed by atoms with E-state index >= 15 is 0 Å². The van der Waals surface area contributed by atoms with Gasteiger partial charge in [-0.1, -0.05) is 48.0 Å². The first-order valence-corrected chi connectivity index (χ1v) is 12.2. The maximum absolute atomic E-state index is 13.0. The van der Waals surface area contributed by atoms with Gasteiger partial charge >= 0.3 is 5.97 Å². The molecule has 1 amide bonds. The zero-order valence-electron chi connectivity index (χ0n) is 17.4. The molecular weight excluding hydrogens is 440 g/mol. The van der Waals surface area contributed by atoms with Gasteiger partial charge in [-0.25, -0.2) is 12.7 Å². The van der Waals surface area contributed by atoms with Gasteiger partial charge in [0.2, 0.25) is 16.1 Å². The van der Waals surface area contributed by atoms with Crippen LogP contribution in [0.1, 0.15) is 30.1 Å². The van der Waals surface area contributed by atoms with Gasteiger partial charge in [-0.05, 0) is 37.5 Å². The molecule has 1 N–H and O–H groups in total. The number of carbonyl (C=O) groups is 2. The van der Waals surface area contributed by atoms with Crippen molar-refractivity contribution in [3.8, 4) is 0 Å². The fraction of sp³-hybridized carbons (Fsp3) is 0.364. The lowest BCUT2D eigenvalue weighted by atomic mass is 9.98. The van der Waals surface area contributed by atoms with E-state index < -0.39 is 33.9 Å². The third kappa shape index (κ3) is 6.06. The summed E-state index contributed by atoms with van der Waals surface area (Å²) in [5, 5.41) is 3.27. The highest BCUT2D eigenvalue weighted by Gasteiger charge is 2.33. The van der Waals surface area contributed by atoms with Crippen molar-refractivity contribution in [2.24, 2.45) is 5.92 Å². The number of carbonyl (C=O) groups excluding carboxylic acids is 2. The summed E-state index contributed by atoms with van der Waals surface area (Å²) in [5.41, 5.74) is 1.92. The standard InChI is InChI=1S/C22H25ClN2O5S/c1-15-8-9-18(14-19(15)23)24-21(26)20(16-6-4-3-5-7-16)30-22(27)17-10-12-25(13-11-17)31(2,28)29/h3-9,14,17,20H,10-13H2,1-2H3,(H,24,26). The molecule has 0 radical (unpaired) electrons. The number of benzene rings is 2. The Morgan fingerprint density at radius 3 is 2.35 bits per heavy atom. The van der Waals surface area contributed by atoms with Crippen molar-refractivity contribution < 1.29 is 22.7 Å². The Labute approximate surface area is 187 Å². The van der Waals surface area contributed by atoms with E-state index in [0.29, 0.717) is 29.1 Å². The molecule has 166 valence electrons. The minimum atomic E-state index is -3.29. The molecule has 0 saturated carbocycles. The summed E-state index contributed by atoms with van der Waals surface area (Å²) in [6.45, 7) is 2.36. The third-order valence-electron chi connectivity index (χ3n) is 5.27. The molecule has 0 aromatic heterocycles. The molecule has 0 aliphatic carbocycles. The number of sulfonamides is 1. The van der Waals surface area contributed by atoms with Crippen LogP contribution in [0.3, 0.4) is 0 Å². The molecule has 1 atom stereocenters. The van der Waals surface area contributed by atoms with Crippen molar-refractivity contribution >= 4 is 39.2 Å². The first kappa shape index (κ1) is 23.2. The number of halogens is 1. The van der Waals surface area contributed by atoms with E-state index in [4.69, 9.17) is 16.3 Å². The lowest BCUT2D eigenvalue weighted by Gasteiger charge is -2.30. The van der Waals surface area contributed by atoms with Crippen LogP contribution in [-0.4, -0.2) is 43.9 Å². The number of aryl methyl sites for hydroxylation is 1. The fourth-order valence-corrected chi connectivity index (χ4v) is 4.47. The maximum atomic E-state index is 13.0. The molecule has 31 heavy (non-hydrogen) atoms. The van der Waals surface area contributed by atoms with Crippen molar-refractivity contribution in [2.75, 3.05) is 24.7 Å². The highest BCUT2D eigenvalue weighted by Crippen LogP contribution is 2.27. The average Bonchev–Trinajstić information content (AvgIpc) is 2.74. The minimum Gasteiger partial charge on any atom is -0.447 e. The van der Waals surface area contributed by atoms with Gasteiger partial charge in [0, 0.05) is 29.4 Å². The van der Waals surface area contributed by atoms with Crippen LogP contribution in [0.4, 0.5) is 5.69 Å². The van der Waals surface area contributed by atoms with Crippen molar-refractivity contribution in [1.82, 2.24) is 4.31 Å². The molecule has 1 unspecified atom stereocenters. The number of nitrogens with one attached hydrogen (secondary N) is 1. The summed E-state index contributed by atoms with van der Waals surface area (Å²) in [4.78, 5) is 25.8. The molecule has 3 rings (SSSR count). The molecule has 2 aromatic rings. The Morgan fingerprint density at radius 2 is 1.77 bits per heavy atom. The summed E-state index contributed by atoms with van der Waals surface area (Å²) in [7, 11) is -3.29. The first-order chi connectivity index (χ1) is 14.6. The van der Waals surface area contributed by atoms with Crippen LogP contribution in [0.15, 0.2) is 48.5 Å². The van der Waals surface area contributed by atoms with Crippen molar-refractivity contribution in [1.29, 1.82) is 0 Å². The van der Waals surface area contributed by atoms with Gasteiger partial charge in [0.05, 0.1) is 12.2 Å². The molecule has 1 heterocycles. The Hall–Kier alpha value is -2.42. The molecule has 1 aliphatic heterocycles. The molecular formula is C22H25ClN2O5S. The summed E-state index contributed by atoms with van der Waals surface area (Å²) in [6.07, 6.45) is 0.714.